The van der Waals surface area contributed by atoms with Gasteiger partial charge in [-0.3, -0.25) is 0 Å². The fourth-order valence-electron chi connectivity index (χ4n) is 3.64. The van der Waals surface area contributed by atoms with E-state index in [0.717, 1.165) is 52.0 Å². The zero-order chi connectivity index (χ0) is 16.8. The summed E-state index contributed by atoms with van der Waals surface area (Å²) in [5, 5.41) is 1.44. The maximum Gasteiger partial charge on any atom is 0.344 e. The molecule has 0 radical (unpaired) electrons. The molecule has 0 amide bonds. The van der Waals surface area contributed by atoms with Gasteiger partial charge in [-0.1, -0.05) is 12.1 Å². The lowest BCUT2D eigenvalue weighted by Gasteiger charge is -2.22. The molecule has 1 aliphatic rings. The van der Waals surface area contributed by atoms with E-state index in [1.165, 1.54) is 0 Å². The van der Waals surface area contributed by atoms with Gasteiger partial charge in [0, 0.05) is 22.1 Å². The molecule has 0 spiro atoms. The smallest absolute Gasteiger partial charge is 0.344 e. The summed E-state index contributed by atoms with van der Waals surface area (Å²) in [7, 11) is 3.29. The quantitative estimate of drug-likeness (QED) is 0.718. The van der Waals surface area contributed by atoms with E-state index in [2.05, 4.69) is 0 Å². The second kappa shape index (κ2) is 5.41. The summed E-state index contributed by atoms with van der Waals surface area (Å²) in [6.45, 7) is 1.95. The Morgan fingerprint density at radius 2 is 1.75 bits per heavy atom. The molecule has 0 fully saturated rings. The van der Waals surface area contributed by atoms with Crippen molar-refractivity contribution in [3.63, 3.8) is 0 Å². The number of rotatable bonds is 2. The van der Waals surface area contributed by atoms with Gasteiger partial charge in [-0.15, -0.1) is 0 Å². The first-order chi connectivity index (χ1) is 11.6. The van der Waals surface area contributed by atoms with Crippen LogP contribution in [0.25, 0.3) is 22.1 Å². The highest BCUT2D eigenvalue weighted by atomic mass is 16.5. The van der Waals surface area contributed by atoms with Gasteiger partial charge in [0.15, 0.2) is 0 Å². The van der Waals surface area contributed by atoms with E-state index in [-0.39, 0.29) is 5.63 Å². The van der Waals surface area contributed by atoms with Crippen molar-refractivity contribution in [2.24, 2.45) is 0 Å². The summed E-state index contributed by atoms with van der Waals surface area (Å²) < 4.78 is 16.7. The molecule has 24 heavy (non-hydrogen) atoms. The average molecular weight is 322 g/mol. The van der Waals surface area contributed by atoms with Crippen LogP contribution in [-0.2, 0) is 12.8 Å². The van der Waals surface area contributed by atoms with Crippen LogP contribution in [0.1, 0.15) is 16.7 Å². The van der Waals surface area contributed by atoms with Crippen LogP contribution in [0.15, 0.2) is 39.5 Å². The van der Waals surface area contributed by atoms with E-state index < -0.39 is 0 Å². The van der Waals surface area contributed by atoms with Gasteiger partial charge in [0.2, 0.25) is 0 Å². The first-order valence-corrected chi connectivity index (χ1v) is 7.94. The Bertz CT molecular complexity index is 1010. The molecular formula is C20H18O4. The summed E-state index contributed by atoms with van der Waals surface area (Å²) in [6, 6.07) is 9.66. The molecule has 3 aromatic rings. The van der Waals surface area contributed by atoms with E-state index >= 15 is 0 Å². The number of fused-ring (bicyclic) bond motifs is 5. The molecule has 4 heteroatoms. The lowest BCUT2D eigenvalue weighted by atomic mass is 9.86. The molecule has 0 N–H and O–H groups in total. The van der Waals surface area contributed by atoms with Crippen molar-refractivity contribution >= 4 is 10.8 Å². The van der Waals surface area contributed by atoms with E-state index in [9.17, 15) is 4.79 Å². The van der Waals surface area contributed by atoms with Crippen LogP contribution < -0.4 is 15.1 Å². The van der Waals surface area contributed by atoms with Crippen LogP contribution >= 0.6 is 0 Å². The van der Waals surface area contributed by atoms with Gasteiger partial charge in [-0.25, -0.2) is 4.79 Å². The van der Waals surface area contributed by atoms with Crippen LogP contribution in [0.2, 0.25) is 0 Å². The fourth-order valence-corrected chi connectivity index (χ4v) is 3.64. The molecule has 0 aliphatic heterocycles. The summed E-state index contributed by atoms with van der Waals surface area (Å²) >= 11 is 0. The van der Waals surface area contributed by atoms with Crippen LogP contribution in [0, 0.1) is 6.92 Å². The molecule has 0 atom stereocenters. The molecule has 122 valence electrons. The SMILES string of the molecule is COc1cccc2c1CCc1c-2oc(=O)c2cc(C)cc(OC)c12. The van der Waals surface area contributed by atoms with Crippen molar-refractivity contribution in [2.75, 3.05) is 14.2 Å². The predicted octanol–water partition coefficient (Wildman–Crippen LogP) is 3.88. The highest BCUT2D eigenvalue weighted by Crippen LogP contribution is 2.42. The third-order valence-electron chi connectivity index (χ3n) is 4.68. The van der Waals surface area contributed by atoms with Gasteiger partial charge in [0.05, 0.1) is 19.6 Å². The molecule has 4 nitrogen and oxygen atoms in total. The average Bonchev–Trinajstić information content (AvgIpc) is 2.60. The second-order valence-electron chi connectivity index (χ2n) is 6.07. The standard InChI is InChI=1S/C20H18O4/c1-11-9-15-18(17(10-11)23-3)14-8-7-12-13(19(14)24-20(15)21)5-4-6-16(12)22-2/h4-6,9-10H,7-8H2,1-3H3. The molecule has 1 aromatic heterocycles. The van der Waals surface area contributed by atoms with Crippen LogP contribution in [0.5, 0.6) is 11.5 Å². The second-order valence-corrected chi connectivity index (χ2v) is 6.07. The third kappa shape index (κ3) is 2.03. The van der Waals surface area contributed by atoms with Gasteiger partial charge in [0.25, 0.3) is 0 Å². The third-order valence-corrected chi connectivity index (χ3v) is 4.68. The maximum absolute atomic E-state index is 12.6. The van der Waals surface area contributed by atoms with Crippen LogP contribution in [-0.4, -0.2) is 14.2 Å². The Labute approximate surface area is 139 Å². The summed E-state index contributed by atoms with van der Waals surface area (Å²) in [5.74, 6) is 2.19. The first kappa shape index (κ1) is 14.8. The molecule has 0 saturated carbocycles. The number of hydrogen-bond acceptors (Lipinski definition) is 4. The molecule has 0 unspecified atom stereocenters. The molecule has 1 aliphatic carbocycles. The van der Waals surface area contributed by atoms with Gasteiger partial charge in [-0.05, 0) is 43.5 Å². The Kier molecular flexibility index (Phi) is 3.34. The Hall–Kier alpha value is -2.75. The molecule has 0 bridgehead atoms. The van der Waals surface area contributed by atoms with Crippen LogP contribution in [0.3, 0.4) is 0 Å². The monoisotopic (exact) mass is 322 g/mol. The number of methoxy groups -OCH3 is 2. The van der Waals surface area contributed by atoms with Crippen LogP contribution in [0.4, 0.5) is 0 Å². The summed E-state index contributed by atoms with van der Waals surface area (Å²) in [5.41, 5.74) is 3.69. The Morgan fingerprint density at radius 1 is 1.00 bits per heavy atom. The van der Waals surface area contributed by atoms with Gasteiger partial charge in [-0.2, -0.15) is 0 Å². The normalized spacial score (nSPS) is 12.6. The predicted molar refractivity (Wildman–Crippen MR) is 93.2 cm³/mol. The number of benzene rings is 2. The minimum atomic E-state index is -0.332. The topological polar surface area (TPSA) is 48.7 Å². The highest BCUT2D eigenvalue weighted by molar-refractivity contribution is 5.95. The van der Waals surface area contributed by atoms with Crippen molar-refractivity contribution in [1.29, 1.82) is 0 Å². The largest absolute Gasteiger partial charge is 0.496 e. The first-order valence-electron chi connectivity index (χ1n) is 7.94. The lowest BCUT2D eigenvalue weighted by Crippen LogP contribution is -2.12. The molecular weight excluding hydrogens is 304 g/mol. The summed E-state index contributed by atoms with van der Waals surface area (Å²) in [4.78, 5) is 12.6. The highest BCUT2D eigenvalue weighted by Gasteiger charge is 2.26. The molecule has 1 heterocycles. The summed E-state index contributed by atoms with van der Waals surface area (Å²) in [6.07, 6.45) is 1.62. The van der Waals surface area contributed by atoms with Crippen molar-refractivity contribution in [3.8, 4) is 22.8 Å². The Morgan fingerprint density at radius 3 is 2.50 bits per heavy atom. The van der Waals surface area contributed by atoms with Crippen molar-refractivity contribution in [3.05, 3.63) is 57.4 Å². The van der Waals surface area contributed by atoms with E-state index in [1.54, 1.807) is 14.2 Å². The zero-order valence-electron chi connectivity index (χ0n) is 13.9. The van der Waals surface area contributed by atoms with Crippen molar-refractivity contribution in [2.45, 2.75) is 19.8 Å². The molecule has 2 aromatic carbocycles. The fraction of sp³-hybridized carbons (Fsp3) is 0.250. The maximum atomic E-state index is 12.6. The number of ether oxygens (including phenoxy) is 2. The number of hydrogen-bond donors (Lipinski definition) is 0. The minimum Gasteiger partial charge on any atom is -0.496 e. The van der Waals surface area contributed by atoms with Gasteiger partial charge >= 0.3 is 5.63 Å². The zero-order valence-corrected chi connectivity index (χ0v) is 13.9. The Balaban J connectivity index is 2.12. The van der Waals surface area contributed by atoms with Gasteiger partial charge < -0.3 is 13.9 Å². The minimum absolute atomic E-state index is 0.332. The number of aryl methyl sites for hydroxylation is 2. The molecule has 4 rings (SSSR count). The van der Waals surface area contributed by atoms with E-state index in [1.807, 2.05) is 37.3 Å². The van der Waals surface area contributed by atoms with Gasteiger partial charge in [0.1, 0.15) is 17.3 Å². The van der Waals surface area contributed by atoms with E-state index in [4.69, 9.17) is 13.9 Å². The molecule has 0 saturated heterocycles. The van der Waals surface area contributed by atoms with Crippen molar-refractivity contribution in [1.82, 2.24) is 0 Å². The lowest BCUT2D eigenvalue weighted by molar-refractivity contribution is 0.408. The van der Waals surface area contributed by atoms with E-state index in [0.29, 0.717) is 11.1 Å². The van der Waals surface area contributed by atoms with Crippen molar-refractivity contribution < 1.29 is 13.9 Å².